The molecule has 0 saturated heterocycles. The van der Waals surface area contributed by atoms with E-state index in [1.165, 1.54) is 121 Å². The maximum absolute atomic E-state index is 10.4. The summed E-state index contributed by atoms with van der Waals surface area (Å²) in [5, 5.41) is 20.8. The summed E-state index contributed by atoms with van der Waals surface area (Å²) in [6.07, 6.45) is 27.7. The molecule has 0 aliphatic rings. The monoisotopic (exact) mass is 824 g/mol. The summed E-state index contributed by atoms with van der Waals surface area (Å²) in [6.45, 7) is 9.00. The van der Waals surface area contributed by atoms with Crippen LogP contribution in [0.2, 0.25) is 0 Å². The summed E-state index contributed by atoms with van der Waals surface area (Å²) in [5.41, 5.74) is 10.6. The Labute approximate surface area is 334 Å². The van der Waals surface area contributed by atoms with Gasteiger partial charge in [-0.3, -0.25) is 0 Å². The third-order valence-corrected chi connectivity index (χ3v) is 11.6. The van der Waals surface area contributed by atoms with Gasteiger partial charge in [-0.2, -0.15) is 10.5 Å². The molecule has 0 spiro atoms. The van der Waals surface area contributed by atoms with Crippen molar-refractivity contribution in [2.45, 2.75) is 156 Å². The van der Waals surface area contributed by atoms with Crippen LogP contribution in [0.15, 0.2) is 57.5 Å². The zero-order valence-corrected chi connectivity index (χ0v) is 35.7. The van der Waals surface area contributed by atoms with Crippen molar-refractivity contribution >= 4 is 55.2 Å². The number of hydrogen-bond acceptors (Lipinski definition) is 2. The van der Waals surface area contributed by atoms with Gasteiger partial charge < -0.3 is 0 Å². The number of allylic oxidation sites excluding steroid dienone is 2. The topological polar surface area (TPSA) is 47.6 Å². The first kappa shape index (κ1) is 43.5. The fourth-order valence-electron chi connectivity index (χ4n) is 6.91. The number of nitriles is 2. The highest BCUT2D eigenvalue weighted by Crippen LogP contribution is 2.31. The van der Waals surface area contributed by atoms with E-state index in [0.717, 1.165) is 60.8 Å². The second-order valence-electron chi connectivity index (χ2n) is 14.4. The Balaban J connectivity index is 1.96. The molecule has 0 N–H and O–H groups in total. The Morgan fingerprint density at radius 1 is 0.462 bits per heavy atom. The number of halogens is 2. The van der Waals surface area contributed by atoms with Crippen molar-refractivity contribution in [1.29, 1.82) is 10.5 Å². The molecule has 278 valence electrons. The third-order valence-electron chi connectivity index (χ3n) is 10.2. The van der Waals surface area contributed by atoms with E-state index < -0.39 is 0 Å². The van der Waals surface area contributed by atoms with E-state index in [4.69, 9.17) is 0 Å². The molecular formula is C48H62Br2N2. The lowest BCUT2D eigenvalue weighted by Gasteiger charge is -2.14. The minimum Gasteiger partial charge on any atom is -0.192 e. The minimum absolute atomic E-state index is 0.651. The van der Waals surface area contributed by atoms with Crippen LogP contribution < -0.4 is 0 Å². The van der Waals surface area contributed by atoms with E-state index in [9.17, 15) is 10.5 Å². The van der Waals surface area contributed by atoms with E-state index in [-0.39, 0.29) is 0 Å². The molecule has 3 aromatic carbocycles. The second kappa shape index (κ2) is 25.2. The van der Waals surface area contributed by atoms with Crippen LogP contribution in [0, 0.1) is 22.7 Å². The highest BCUT2D eigenvalue weighted by Gasteiger charge is 2.13. The zero-order chi connectivity index (χ0) is 37.6. The highest BCUT2D eigenvalue weighted by molar-refractivity contribution is 9.10. The largest absolute Gasteiger partial charge is 0.192 e. The molecule has 0 saturated carbocycles. The molecular weight excluding hydrogens is 764 g/mol. The van der Waals surface area contributed by atoms with E-state index in [1.807, 2.05) is 24.3 Å². The number of aryl methyl sites for hydroxylation is 4. The third kappa shape index (κ3) is 14.5. The molecule has 0 amide bonds. The summed E-state index contributed by atoms with van der Waals surface area (Å²) in [7, 11) is 0. The molecule has 52 heavy (non-hydrogen) atoms. The van der Waals surface area contributed by atoms with Crippen molar-refractivity contribution in [3.05, 3.63) is 102 Å². The van der Waals surface area contributed by atoms with Crippen LogP contribution in [0.1, 0.15) is 175 Å². The normalized spacial score (nSPS) is 11.8. The number of unbranched alkanes of at least 4 members (excludes halogenated alkanes) is 12. The van der Waals surface area contributed by atoms with Crippen molar-refractivity contribution in [3.8, 4) is 12.1 Å². The van der Waals surface area contributed by atoms with Crippen molar-refractivity contribution in [1.82, 2.24) is 0 Å². The lowest BCUT2D eigenvalue weighted by atomic mass is 9.92. The maximum atomic E-state index is 10.4. The number of rotatable bonds is 24. The Morgan fingerprint density at radius 2 is 0.769 bits per heavy atom. The van der Waals surface area contributed by atoms with Crippen LogP contribution in [0.25, 0.3) is 23.3 Å². The Morgan fingerprint density at radius 3 is 1.06 bits per heavy atom. The molecule has 0 aliphatic heterocycles. The SMILES string of the molecule is CCCCCCc1cc(/C=C(\C#N)c2ccc(/C(C#N)=C/c3cc(CCCCCC)c(Br)cc3CCCCCC)cc2)c(CCCCCC)cc1Br. The maximum Gasteiger partial charge on any atom is 0.0998 e. The Hall–Kier alpha value is -2.92. The summed E-state index contributed by atoms with van der Waals surface area (Å²) in [5.74, 6) is 0. The van der Waals surface area contributed by atoms with E-state index in [2.05, 4.69) is 108 Å². The van der Waals surface area contributed by atoms with Gasteiger partial charge in [0.15, 0.2) is 0 Å². The first-order valence-corrected chi connectivity index (χ1v) is 21.9. The fraction of sp³-hybridized carbons (Fsp3) is 0.500. The number of nitrogens with zero attached hydrogens (tertiary/aromatic N) is 2. The molecule has 4 heteroatoms. The van der Waals surface area contributed by atoms with Crippen LogP contribution in [-0.2, 0) is 25.7 Å². The van der Waals surface area contributed by atoms with Crippen molar-refractivity contribution in [2.24, 2.45) is 0 Å². The first-order valence-electron chi connectivity index (χ1n) is 20.4. The second-order valence-corrected chi connectivity index (χ2v) is 16.2. The lowest BCUT2D eigenvalue weighted by molar-refractivity contribution is 0.662. The van der Waals surface area contributed by atoms with Gasteiger partial charge in [-0.05, 0) is 120 Å². The Bertz CT molecular complexity index is 1540. The molecule has 0 heterocycles. The zero-order valence-electron chi connectivity index (χ0n) is 32.6. The highest BCUT2D eigenvalue weighted by atomic mass is 79.9. The molecule has 3 aromatic rings. The van der Waals surface area contributed by atoms with Crippen molar-refractivity contribution in [2.75, 3.05) is 0 Å². The molecule has 0 unspecified atom stereocenters. The van der Waals surface area contributed by atoms with Gasteiger partial charge in [0.05, 0.1) is 23.3 Å². The van der Waals surface area contributed by atoms with Gasteiger partial charge in [-0.25, -0.2) is 0 Å². The lowest BCUT2D eigenvalue weighted by Crippen LogP contribution is -1.97. The molecule has 0 atom stereocenters. The van der Waals surface area contributed by atoms with Crippen LogP contribution in [0.3, 0.4) is 0 Å². The average molecular weight is 827 g/mol. The van der Waals surface area contributed by atoms with E-state index in [0.29, 0.717) is 11.1 Å². The van der Waals surface area contributed by atoms with Crippen molar-refractivity contribution in [3.63, 3.8) is 0 Å². The molecule has 3 rings (SSSR count). The van der Waals surface area contributed by atoms with Gasteiger partial charge in [0.1, 0.15) is 0 Å². The minimum atomic E-state index is 0.651. The predicted molar refractivity (Wildman–Crippen MR) is 233 cm³/mol. The van der Waals surface area contributed by atoms with Gasteiger partial charge in [0.25, 0.3) is 0 Å². The quantitative estimate of drug-likeness (QED) is 0.0513. The standard InChI is InChI=1S/C48H62Br2N2/c1-5-9-13-17-21-39-33-47(49)41(23-19-15-11-7-3)29-43(39)31-45(35-51)37-25-27-38(28-26-37)46(36-52)32-44-30-42(24-20-16-12-8-4)48(50)34-40(44)22-18-14-10-6-2/h25-34H,5-24H2,1-4H3/b45-31+,46-32+. The summed E-state index contributed by atoms with van der Waals surface area (Å²) < 4.78 is 2.37. The van der Waals surface area contributed by atoms with Crippen LogP contribution in [0.4, 0.5) is 0 Å². The van der Waals surface area contributed by atoms with Crippen LogP contribution >= 0.6 is 31.9 Å². The van der Waals surface area contributed by atoms with Crippen LogP contribution in [-0.4, -0.2) is 0 Å². The summed E-state index contributed by atoms with van der Waals surface area (Å²) in [4.78, 5) is 0. The van der Waals surface area contributed by atoms with Crippen molar-refractivity contribution < 1.29 is 0 Å². The van der Waals surface area contributed by atoms with Gasteiger partial charge >= 0.3 is 0 Å². The Kier molecular flexibility index (Phi) is 21.0. The molecule has 0 aromatic heterocycles. The van der Waals surface area contributed by atoms with Crippen LogP contribution in [0.5, 0.6) is 0 Å². The predicted octanol–water partition coefficient (Wildman–Crippen LogP) is 15.8. The molecule has 0 fully saturated rings. The fourth-order valence-corrected chi connectivity index (χ4v) is 8.09. The van der Waals surface area contributed by atoms with Gasteiger partial charge in [0.2, 0.25) is 0 Å². The number of hydrogen-bond donors (Lipinski definition) is 0. The molecule has 2 nitrogen and oxygen atoms in total. The summed E-state index contributed by atoms with van der Waals surface area (Å²) >= 11 is 7.76. The first-order chi connectivity index (χ1) is 25.4. The van der Waals surface area contributed by atoms with E-state index in [1.54, 1.807) is 0 Å². The smallest absolute Gasteiger partial charge is 0.0998 e. The van der Waals surface area contributed by atoms with Gasteiger partial charge in [-0.15, -0.1) is 0 Å². The molecule has 0 bridgehead atoms. The summed E-state index contributed by atoms with van der Waals surface area (Å²) in [6, 6.07) is 22.3. The van der Waals surface area contributed by atoms with E-state index >= 15 is 0 Å². The average Bonchev–Trinajstić information content (AvgIpc) is 3.15. The number of benzene rings is 3. The molecule has 0 radical (unpaired) electrons. The van der Waals surface area contributed by atoms with Gasteiger partial charge in [-0.1, -0.05) is 173 Å². The molecule has 0 aliphatic carbocycles. The van der Waals surface area contributed by atoms with Gasteiger partial charge in [0, 0.05) is 8.95 Å².